The van der Waals surface area contributed by atoms with E-state index in [4.69, 9.17) is 4.74 Å². The molecule has 1 N–H and O–H groups in total. The molecule has 0 aliphatic rings. The zero-order valence-electron chi connectivity index (χ0n) is 13.5. The average Bonchev–Trinajstić information content (AvgIpc) is 3.16. The van der Waals surface area contributed by atoms with Gasteiger partial charge in [-0.2, -0.15) is 11.3 Å². The first-order valence-electron chi connectivity index (χ1n) is 7.61. The van der Waals surface area contributed by atoms with Crippen molar-refractivity contribution in [3.63, 3.8) is 0 Å². The van der Waals surface area contributed by atoms with Crippen molar-refractivity contribution >= 4 is 17.2 Å². The minimum atomic E-state index is -0.136. The predicted octanol–water partition coefficient (Wildman–Crippen LogP) is 4.31. The summed E-state index contributed by atoms with van der Waals surface area (Å²) in [6.07, 6.45) is 1.61. The van der Waals surface area contributed by atoms with E-state index in [9.17, 15) is 4.79 Å². The number of amides is 1. The highest BCUT2D eigenvalue weighted by atomic mass is 32.1. The summed E-state index contributed by atoms with van der Waals surface area (Å²) < 4.78 is 5.15. The molecule has 1 atom stereocenters. The summed E-state index contributed by atoms with van der Waals surface area (Å²) in [5, 5.41) is 7.03. The summed E-state index contributed by atoms with van der Waals surface area (Å²) in [7, 11) is 1.63. The van der Waals surface area contributed by atoms with Gasteiger partial charge < -0.3 is 10.1 Å². The number of carbonyl (C=O) groups excluding carboxylic acids is 1. The Morgan fingerprint density at radius 3 is 2.54 bits per heavy atom. The second-order valence-electron chi connectivity index (χ2n) is 5.41. The average molecular weight is 338 g/mol. The number of rotatable bonds is 5. The largest absolute Gasteiger partial charge is 0.497 e. The number of nitrogens with zero attached hydrogens (tertiary/aromatic N) is 1. The van der Waals surface area contributed by atoms with Gasteiger partial charge in [0.25, 0.3) is 5.91 Å². The maximum atomic E-state index is 12.4. The van der Waals surface area contributed by atoms with Crippen molar-refractivity contribution in [2.24, 2.45) is 0 Å². The number of thiophene rings is 1. The van der Waals surface area contributed by atoms with E-state index < -0.39 is 0 Å². The standard InChI is InChI=1S/C19H18N2O2S/c1-13(14-3-6-17(23-2)7-4-14)21-19(22)15-5-8-18(20-11-15)16-9-10-24-12-16/h3-13H,1-2H3,(H,21,22)/t13-/m0/s1. The molecule has 0 unspecified atom stereocenters. The SMILES string of the molecule is COc1ccc([C@H](C)NC(=O)c2ccc(-c3ccsc3)nc2)cc1. The number of aromatic nitrogens is 1. The molecule has 5 heteroatoms. The van der Waals surface area contributed by atoms with Crippen LogP contribution in [0, 0.1) is 0 Å². The zero-order chi connectivity index (χ0) is 16.9. The van der Waals surface area contributed by atoms with Gasteiger partial charge in [0.1, 0.15) is 5.75 Å². The second kappa shape index (κ2) is 7.27. The molecule has 2 aromatic heterocycles. The van der Waals surface area contributed by atoms with E-state index in [-0.39, 0.29) is 11.9 Å². The third kappa shape index (κ3) is 3.63. The van der Waals surface area contributed by atoms with Gasteiger partial charge in [0, 0.05) is 17.1 Å². The number of pyridine rings is 1. The molecule has 4 nitrogen and oxygen atoms in total. The van der Waals surface area contributed by atoms with Crippen LogP contribution in [-0.2, 0) is 0 Å². The van der Waals surface area contributed by atoms with E-state index in [1.54, 1.807) is 30.7 Å². The van der Waals surface area contributed by atoms with Gasteiger partial charge in [-0.3, -0.25) is 9.78 Å². The summed E-state index contributed by atoms with van der Waals surface area (Å²) in [6, 6.07) is 13.2. The van der Waals surface area contributed by atoms with Crippen molar-refractivity contribution in [3.05, 3.63) is 70.5 Å². The lowest BCUT2D eigenvalue weighted by Crippen LogP contribution is -2.26. The summed E-state index contributed by atoms with van der Waals surface area (Å²) in [6.45, 7) is 1.95. The molecule has 0 fully saturated rings. The fraction of sp³-hybridized carbons (Fsp3) is 0.158. The Kier molecular flexibility index (Phi) is 4.91. The number of benzene rings is 1. The van der Waals surface area contributed by atoms with Crippen LogP contribution in [0.3, 0.4) is 0 Å². The third-order valence-electron chi connectivity index (χ3n) is 3.81. The highest BCUT2D eigenvalue weighted by Gasteiger charge is 2.12. The molecule has 0 saturated carbocycles. The van der Waals surface area contributed by atoms with Gasteiger partial charge in [-0.25, -0.2) is 0 Å². The lowest BCUT2D eigenvalue weighted by Gasteiger charge is -2.15. The molecule has 1 amide bonds. The van der Waals surface area contributed by atoms with Gasteiger partial charge >= 0.3 is 0 Å². The van der Waals surface area contributed by atoms with Crippen LogP contribution in [0.2, 0.25) is 0 Å². The van der Waals surface area contributed by atoms with Gasteiger partial charge in [-0.15, -0.1) is 0 Å². The van der Waals surface area contributed by atoms with Crippen LogP contribution in [0.5, 0.6) is 5.75 Å². The van der Waals surface area contributed by atoms with Crippen LogP contribution >= 0.6 is 11.3 Å². The van der Waals surface area contributed by atoms with Gasteiger partial charge in [0.05, 0.1) is 24.4 Å². The van der Waals surface area contributed by atoms with Crippen LogP contribution in [-0.4, -0.2) is 18.0 Å². The molecule has 24 heavy (non-hydrogen) atoms. The fourth-order valence-corrected chi connectivity index (χ4v) is 3.01. The van der Waals surface area contributed by atoms with Gasteiger partial charge in [-0.05, 0) is 48.2 Å². The Balaban J connectivity index is 1.67. The van der Waals surface area contributed by atoms with Crippen LogP contribution < -0.4 is 10.1 Å². The van der Waals surface area contributed by atoms with Crippen LogP contribution in [0.15, 0.2) is 59.4 Å². The topological polar surface area (TPSA) is 51.2 Å². The number of carbonyl (C=O) groups is 1. The minimum absolute atomic E-state index is 0.0973. The fourth-order valence-electron chi connectivity index (χ4n) is 2.37. The maximum Gasteiger partial charge on any atom is 0.253 e. The van der Waals surface area contributed by atoms with E-state index in [1.165, 1.54) is 0 Å². The molecule has 0 saturated heterocycles. The first-order chi connectivity index (χ1) is 11.7. The van der Waals surface area contributed by atoms with Crippen LogP contribution in [0.1, 0.15) is 28.9 Å². The molecule has 3 rings (SSSR count). The highest BCUT2D eigenvalue weighted by molar-refractivity contribution is 7.08. The molecule has 0 bridgehead atoms. The van der Waals surface area contributed by atoms with Crippen molar-refractivity contribution in [1.29, 1.82) is 0 Å². The van der Waals surface area contributed by atoms with Crippen LogP contribution in [0.4, 0.5) is 0 Å². The van der Waals surface area contributed by atoms with E-state index in [0.717, 1.165) is 22.6 Å². The van der Waals surface area contributed by atoms with Crippen molar-refractivity contribution in [2.45, 2.75) is 13.0 Å². The highest BCUT2D eigenvalue weighted by Crippen LogP contribution is 2.21. The molecule has 1 aromatic carbocycles. The molecule has 122 valence electrons. The molecule has 0 radical (unpaired) electrons. The van der Waals surface area contributed by atoms with Gasteiger partial charge in [0.15, 0.2) is 0 Å². The van der Waals surface area contributed by atoms with E-state index in [1.807, 2.05) is 54.1 Å². The third-order valence-corrected chi connectivity index (χ3v) is 4.49. The first-order valence-corrected chi connectivity index (χ1v) is 8.55. The minimum Gasteiger partial charge on any atom is -0.497 e. The van der Waals surface area contributed by atoms with E-state index in [2.05, 4.69) is 10.3 Å². The number of hydrogen-bond acceptors (Lipinski definition) is 4. The Labute approximate surface area is 145 Å². The summed E-state index contributed by atoms with van der Waals surface area (Å²) in [5.41, 5.74) is 3.51. The number of methoxy groups -OCH3 is 1. The Bertz CT molecular complexity index is 796. The molecule has 0 aliphatic carbocycles. The number of ether oxygens (including phenoxy) is 1. The van der Waals surface area contributed by atoms with Gasteiger partial charge in [-0.1, -0.05) is 12.1 Å². The first kappa shape index (κ1) is 16.2. The lowest BCUT2D eigenvalue weighted by molar-refractivity contribution is 0.0939. The summed E-state index contributed by atoms with van der Waals surface area (Å²) in [5.74, 6) is 0.660. The predicted molar refractivity (Wildman–Crippen MR) is 96.4 cm³/mol. The smallest absolute Gasteiger partial charge is 0.253 e. The Morgan fingerprint density at radius 1 is 1.17 bits per heavy atom. The molecule has 0 spiro atoms. The van der Waals surface area contributed by atoms with Crippen molar-refractivity contribution < 1.29 is 9.53 Å². The lowest BCUT2D eigenvalue weighted by atomic mass is 10.1. The Hall–Kier alpha value is -2.66. The summed E-state index contributed by atoms with van der Waals surface area (Å²) in [4.78, 5) is 16.7. The van der Waals surface area contributed by atoms with Crippen molar-refractivity contribution in [2.75, 3.05) is 7.11 Å². The molecule has 3 aromatic rings. The van der Waals surface area contributed by atoms with Crippen molar-refractivity contribution in [1.82, 2.24) is 10.3 Å². The molecule has 2 heterocycles. The van der Waals surface area contributed by atoms with Crippen molar-refractivity contribution in [3.8, 4) is 17.0 Å². The second-order valence-corrected chi connectivity index (χ2v) is 6.19. The quantitative estimate of drug-likeness (QED) is 0.754. The number of hydrogen-bond donors (Lipinski definition) is 1. The monoisotopic (exact) mass is 338 g/mol. The molecular weight excluding hydrogens is 320 g/mol. The molecule has 0 aliphatic heterocycles. The van der Waals surface area contributed by atoms with Crippen LogP contribution in [0.25, 0.3) is 11.3 Å². The van der Waals surface area contributed by atoms with E-state index >= 15 is 0 Å². The summed E-state index contributed by atoms with van der Waals surface area (Å²) >= 11 is 1.63. The number of nitrogens with one attached hydrogen (secondary N) is 1. The normalized spacial score (nSPS) is 11.8. The molecular formula is C19H18N2O2S. The van der Waals surface area contributed by atoms with E-state index in [0.29, 0.717) is 5.56 Å². The Morgan fingerprint density at radius 2 is 1.96 bits per heavy atom. The maximum absolute atomic E-state index is 12.4. The zero-order valence-corrected chi connectivity index (χ0v) is 14.3. The van der Waals surface area contributed by atoms with Gasteiger partial charge in [0.2, 0.25) is 0 Å².